The largest absolute Gasteiger partial charge is 0.399 e. The summed E-state index contributed by atoms with van der Waals surface area (Å²) in [5.74, 6) is 6.36. The molecule has 3 nitrogen and oxygen atoms in total. The maximum Gasteiger partial charge on any atom is 0.0506 e. The number of hydrogen-bond donors (Lipinski definition) is 2. The molecule has 4 N–H and O–H groups in total. The molecule has 4 saturated carbocycles. The van der Waals surface area contributed by atoms with E-state index in [2.05, 4.69) is 41.5 Å². The van der Waals surface area contributed by atoms with E-state index in [4.69, 9.17) is 16.2 Å². The van der Waals surface area contributed by atoms with Gasteiger partial charge in [0, 0.05) is 18.0 Å². The minimum absolute atomic E-state index is 0.292. The van der Waals surface area contributed by atoms with Crippen molar-refractivity contribution >= 4 is 11.4 Å². The van der Waals surface area contributed by atoms with Crippen LogP contribution in [-0.2, 0) is 11.2 Å². The standard InChI is InChI=1S/C37H62N2O/c1-25(14-18-35(3,4)26(2)24-40-20-16-27-21-29(38)23-30(39)22-27)32-12-13-33-31-11-10-28-9-7-8-17-36(28,5)34(31)15-19-37(32,33)6/h21-23,25-26,28,31-34H,7-20,24,38-39H2,1-6H3/t25-,26?,28?,31+,32-,33+,34+,36+,37-/m1/s1. The molecule has 0 spiro atoms. The van der Waals surface area contributed by atoms with Crippen molar-refractivity contribution in [3.8, 4) is 0 Å². The van der Waals surface area contributed by atoms with Crippen LogP contribution >= 0.6 is 0 Å². The van der Waals surface area contributed by atoms with E-state index in [1.807, 2.05) is 18.2 Å². The molecule has 40 heavy (non-hydrogen) atoms. The third-order valence-electron chi connectivity index (χ3n) is 13.9. The molecule has 9 atom stereocenters. The Morgan fingerprint density at radius 3 is 2.35 bits per heavy atom. The van der Waals surface area contributed by atoms with Gasteiger partial charge in [0.25, 0.3) is 0 Å². The highest BCUT2D eigenvalue weighted by Crippen LogP contribution is 2.68. The quantitative estimate of drug-likeness (QED) is 0.225. The summed E-state index contributed by atoms with van der Waals surface area (Å²) in [5, 5.41) is 0. The highest BCUT2D eigenvalue weighted by Gasteiger charge is 2.60. The molecule has 0 bridgehead atoms. The Bertz CT molecular complexity index is 984. The Kier molecular flexibility index (Phi) is 8.93. The van der Waals surface area contributed by atoms with Gasteiger partial charge in [-0.15, -0.1) is 0 Å². The fourth-order valence-electron chi connectivity index (χ4n) is 10.9. The number of nitrogen functional groups attached to an aromatic ring is 2. The molecule has 1 aromatic carbocycles. The van der Waals surface area contributed by atoms with Crippen molar-refractivity contribution < 1.29 is 4.74 Å². The molecule has 0 saturated heterocycles. The van der Waals surface area contributed by atoms with Crippen LogP contribution in [-0.4, -0.2) is 13.2 Å². The van der Waals surface area contributed by atoms with Crippen LogP contribution in [0.2, 0.25) is 0 Å². The zero-order chi connectivity index (χ0) is 28.7. The summed E-state index contributed by atoms with van der Waals surface area (Å²) in [4.78, 5) is 0. The van der Waals surface area contributed by atoms with Crippen LogP contribution in [0.15, 0.2) is 18.2 Å². The van der Waals surface area contributed by atoms with Gasteiger partial charge in [0.05, 0.1) is 6.61 Å². The molecule has 226 valence electrons. The van der Waals surface area contributed by atoms with E-state index in [0.717, 1.165) is 72.1 Å². The monoisotopic (exact) mass is 550 g/mol. The normalized spacial score (nSPS) is 37.3. The van der Waals surface area contributed by atoms with Crippen molar-refractivity contribution in [2.75, 3.05) is 24.7 Å². The zero-order valence-corrected chi connectivity index (χ0v) is 26.9. The van der Waals surface area contributed by atoms with Crippen molar-refractivity contribution in [2.24, 2.45) is 57.7 Å². The molecule has 0 aliphatic heterocycles. The second-order valence-electron chi connectivity index (χ2n) is 16.4. The summed E-state index contributed by atoms with van der Waals surface area (Å²) in [6.45, 7) is 17.0. The lowest BCUT2D eigenvalue weighted by Gasteiger charge is -2.61. The summed E-state index contributed by atoms with van der Waals surface area (Å²) in [6.07, 6.45) is 18.7. The molecule has 4 fully saturated rings. The molecule has 1 aromatic rings. The highest BCUT2D eigenvalue weighted by molar-refractivity contribution is 5.54. The van der Waals surface area contributed by atoms with Crippen LogP contribution in [0.25, 0.3) is 0 Å². The number of nitrogens with two attached hydrogens (primary N) is 2. The first kappa shape index (κ1) is 30.2. The number of hydrogen-bond acceptors (Lipinski definition) is 3. The lowest BCUT2D eigenvalue weighted by Crippen LogP contribution is -2.53. The molecular formula is C37H62N2O. The summed E-state index contributed by atoms with van der Waals surface area (Å²) < 4.78 is 6.17. The van der Waals surface area contributed by atoms with Gasteiger partial charge in [-0.2, -0.15) is 0 Å². The Labute approximate surface area is 247 Å². The third-order valence-corrected chi connectivity index (χ3v) is 13.9. The van der Waals surface area contributed by atoms with E-state index >= 15 is 0 Å². The number of anilines is 2. The number of ether oxygens (including phenoxy) is 1. The fourth-order valence-corrected chi connectivity index (χ4v) is 10.9. The van der Waals surface area contributed by atoms with Crippen molar-refractivity contribution in [1.29, 1.82) is 0 Å². The van der Waals surface area contributed by atoms with E-state index in [-0.39, 0.29) is 0 Å². The second kappa shape index (κ2) is 11.8. The van der Waals surface area contributed by atoms with Gasteiger partial charge >= 0.3 is 0 Å². The first-order chi connectivity index (χ1) is 18.9. The van der Waals surface area contributed by atoms with E-state index in [1.54, 1.807) is 6.42 Å². The summed E-state index contributed by atoms with van der Waals surface area (Å²) in [5.41, 5.74) is 16.1. The molecule has 0 aromatic heterocycles. The predicted molar refractivity (Wildman–Crippen MR) is 171 cm³/mol. The van der Waals surface area contributed by atoms with Gasteiger partial charge in [0.2, 0.25) is 0 Å². The van der Waals surface area contributed by atoms with Crippen molar-refractivity contribution in [1.82, 2.24) is 0 Å². The van der Waals surface area contributed by atoms with Crippen molar-refractivity contribution in [3.63, 3.8) is 0 Å². The van der Waals surface area contributed by atoms with Gasteiger partial charge in [-0.25, -0.2) is 0 Å². The van der Waals surface area contributed by atoms with Gasteiger partial charge in [-0.05, 0) is 152 Å². The fraction of sp³-hybridized carbons (Fsp3) is 0.838. The molecule has 3 heteroatoms. The topological polar surface area (TPSA) is 61.3 Å². The second-order valence-corrected chi connectivity index (χ2v) is 16.4. The van der Waals surface area contributed by atoms with Crippen molar-refractivity contribution in [2.45, 2.75) is 125 Å². The predicted octanol–water partition coefficient (Wildman–Crippen LogP) is 9.54. The van der Waals surface area contributed by atoms with E-state index in [1.165, 1.54) is 70.6 Å². The smallest absolute Gasteiger partial charge is 0.0506 e. The van der Waals surface area contributed by atoms with Gasteiger partial charge in [-0.1, -0.05) is 54.4 Å². The Morgan fingerprint density at radius 2 is 1.60 bits per heavy atom. The molecule has 5 rings (SSSR count). The van der Waals surface area contributed by atoms with Crippen LogP contribution in [0.1, 0.15) is 124 Å². The molecule has 4 aliphatic carbocycles. The Balaban J connectivity index is 1.11. The lowest BCUT2D eigenvalue weighted by molar-refractivity contribution is -0.114. The maximum atomic E-state index is 6.17. The van der Waals surface area contributed by atoms with Crippen LogP contribution in [0, 0.1) is 57.7 Å². The number of benzene rings is 1. The van der Waals surface area contributed by atoms with Gasteiger partial charge in [-0.3, -0.25) is 0 Å². The first-order valence-electron chi connectivity index (χ1n) is 17.2. The van der Waals surface area contributed by atoms with Crippen molar-refractivity contribution in [3.05, 3.63) is 23.8 Å². The number of rotatable bonds is 10. The van der Waals surface area contributed by atoms with E-state index in [0.29, 0.717) is 22.2 Å². The zero-order valence-electron chi connectivity index (χ0n) is 26.9. The Hall–Kier alpha value is -1.22. The average molecular weight is 551 g/mol. The molecule has 0 amide bonds. The maximum absolute atomic E-state index is 6.17. The number of fused-ring (bicyclic) bond motifs is 5. The minimum atomic E-state index is 0.292. The summed E-state index contributed by atoms with van der Waals surface area (Å²) >= 11 is 0. The minimum Gasteiger partial charge on any atom is -0.399 e. The van der Waals surface area contributed by atoms with Gasteiger partial charge in [0.15, 0.2) is 0 Å². The molecule has 0 radical (unpaired) electrons. The SMILES string of the molecule is CC(COCCc1cc(N)cc(N)c1)C(C)(C)CC[C@@H](C)[C@H]1CC[C@H]2[C@@H]3CCC4CCCC[C@]4(C)[C@H]3CC[C@]12C. The van der Waals surface area contributed by atoms with Crippen LogP contribution in [0.4, 0.5) is 11.4 Å². The molecule has 0 heterocycles. The third kappa shape index (κ3) is 5.84. The van der Waals surface area contributed by atoms with Crippen LogP contribution in [0.5, 0.6) is 0 Å². The van der Waals surface area contributed by atoms with E-state index in [9.17, 15) is 0 Å². The average Bonchev–Trinajstić information content (AvgIpc) is 3.26. The lowest BCUT2D eigenvalue weighted by atomic mass is 9.44. The highest BCUT2D eigenvalue weighted by atomic mass is 16.5. The molecule has 4 aliphatic rings. The van der Waals surface area contributed by atoms with Crippen LogP contribution < -0.4 is 11.5 Å². The summed E-state index contributed by atoms with van der Waals surface area (Å²) in [6, 6.07) is 5.83. The van der Waals surface area contributed by atoms with Gasteiger partial charge in [0.1, 0.15) is 0 Å². The first-order valence-corrected chi connectivity index (χ1v) is 17.2. The van der Waals surface area contributed by atoms with Gasteiger partial charge < -0.3 is 16.2 Å². The summed E-state index contributed by atoms with van der Waals surface area (Å²) in [7, 11) is 0. The van der Waals surface area contributed by atoms with Crippen LogP contribution in [0.3, 0.4) is 0 Å². The Morgan fingerprint density at radius 1 is 0.875 bits per heavy atom. The molecule has 2 unspecified atom stereocenters. The molecular weight excluding hydrogens is 488 g/mol. The van der Waals surface area contributed by atoms with E-state index < -0.39 is 0 Å².